The van der Waals surface area contributed by atoms with E-state index in [1.54, 1.807) is 24.3 Å². The van der Waals surface area contributed by atoms with Gasteiger partial charge in [-0.2, -0.15) is 0 Å². The van der Waals surface area contributed by atoms with Gasteiger partial charge in [-0.15, -0.1) is 0 Å². The van der Waals surface area contributed by atoms with E-state index in [9.17, 15) is 27.1 Å². The second-order valence-electron chi connectivity index (χ2n) is 7.95. The van der Waals surface area contributed by atoms with E-state index in [4.69, 9.17) is 0 Å². The number of hydrogen-bond donors (Lipinski definition) is 2. The van der Waals surface area contributed by atoms with Gasteiger partial charge in [0, 0.05) is 44.0 Å². The Labute approximate surface area is 196 Å². The monoisotopic (exact) mass is 487 g/mol. The number of sulfonamides is 1. The van der Waals surface area contributed by atoms with Crippen molar-refractivity contribution in [1.29, 1.82) is 0 Å². The van der Waals surface area contributed by atoms with Crippen molar-refractivity contribution in [2.75, 3.05) is 35.8 Å². The summed E-state index contributed by atoms with van der Waals surface area (Å²) in [5.41, 5.74) is 1.13. The number of anilines is 2. The average Bonchev–Trinajstić information content (AvgIpc) is 2.81. The SMILES string of the molecule is O=C(O)c1cc(NS(=O)(=O)c2ccc(F)cc2)ccc1N1CCN(Cc2ccccc2F)CC1. The Morgan fingerprint density at radius 2 is 1.62 bits per heavy atom. The average molecular weight is 488 g/mol. The number of nitrogens with one attached hydrogen (secondary N) is 1. The van der Waals surface area contributed by atoms with Gasteiger partial charge in [-0.3, -0.25) is 9.62 Å². The van der Waals surface area contributed by atoms with Gasteiger partial charge < -0.3 is 10.0 Å². The van der Waals surface area contributed by atoms with E-state index >= 15 is 0 Å². The summed E-state index contributed by atoms with van der Waals surface area (Å²) >= 11 is 0. The van der Waals surface area contributed by atoms with Crippen molar-refractivity contribution in [1.82, 2.24) is 4.90 Å². The van der Waals surface area contributed by atoms with Gasteiger partial charge in [-0.25, -0.2) is 22.0 Å². The molecule has 178 valence electrons. The first kappa shape index (κ1) is 23.7. The zero-order chi connectivity index (χ0) is 24.3. The molecule has 34 heavy (non-hydrogen) atoms. The molecule has 1 heterocycles. The van der Waals surface area contributed by atoms with E-state index in [0.29, 0.717) is 44.0 Å². The Morgan fingerprint density at radius 1 is 0.941 bits per heavy atom. The molecular formula is C24H23F2N3O4S. The second kappa shape index (κ2) is 9.78. The summed E-state index contributed by atoms with van der Waals surface area (Å²) in [4.78, 5) is 15.8. The van der Waals surface area contributed by atoms with Crippen LogP contribution in [0.4, 0.5) is 20.2 Å². The van der Waals surface area contributed by atoms with Crippen molar-refractivity contribution in [3.05, 3.63) is 89.5 Å². The molecule has 3 aromatic carbocycles. The van der Waals surface area contributed by atoms with Gasteiger partial charge in [0.15, 0.2) is 0 Å². The topological polar surface area (TPSA) is 89.9 Å². The van der Waals surface area contributed by atoms with E-state index in [-0.39, 0.29) is 22.0 Å². The molecule has 4 rings (SSSR count). The molecule has 3 aromatic rings. The highest BCUT2D eigenvalue weighted by atomic mass is 32.2. The summed E-state index contributed by atoms with van der Waals surface area (Å²) in [6.45, 7) is 2.78. The minimum absolute atomic E-state index is 0.0399. The number of nitrogens with zero attached hydrogens (tertiary/aromatic N) is 2. The number of halogens is 2. The molecule has 0 aliphatic carbocycles. The van der Waals surface area contributed by atoms with Crippen LogP contribution in [0.1, 0.15) is 15.9 Å². The Bertz CT molecular complexity index is 1290. The fourth-order valence-corrected chi connectivity index (χ4v) is 4.94. The van der Waals surface area contributed by atoms with Gasteiger partial charge in [0.25, 0.3) is 10.0 Å². The summed E-state index contributed by atoms with van der Waals surface area (Å²) in [5.74, 6) is -2.01. The molecule has 1 saturated heterocycles. The van der Waals surface area contributed by atoms with Crippen molar-refractivity contribution in [3.63, 3.8) is 0 Å². The lowest BCUT2D eigenvalue weighted by molar-refractivity contribution is 0.0697. The van der Waals surface area contributed by atoms with E-state index in [2.05, 4.69) is 9.62 Å². The Morgan fingerprint density at radius 3 is 2.26 bits per heavy atom. The minimum atomic E-state index is -4.01. The smallest absolute Gasteiger partial charge is 0.337 e. The summed E-state index contributed by atoms with van der Waals surface area (Å²) in [7, 11) is -4.01. The lowest BCUT2D eigenvalue weighted by atomic mass is 10.1. The van der Waals surface area contributed by atoms with Gasteiger partial charge in [0.05, 0.1) is 16.1 Å². The van der Waals surface area contributed by atoms with Crippen molar-refractivity contribution >= 4 is 27.4 Å². The van der Waals surface area contributed by atoms with Crippen molar-refractivity contribution in [3.8, 4) is 0 Å². The van der Waals surface area contributed by atoms with Crippen molar-refractivity contribution < 1.29 is 27.1 Å². The first-order valence-corrected chi connectivity index (χ1v) is 12.1. The normalized spacial score (nSPS) is 14.7. The summed E-state index contributed by atoms with van der Waals surface area (Å²) in [6, 6.07) is 15.3. The molecule has 1 aliphatic heterocycles. The zero-order valence-electron chi connectivity index (χ0n) is 18.1. The van der Waals surface area contributed by atoms with Crippen LogP contribution in [0.15, 0.2) is 71.6 Å². The molecule has 0 bridgehead atoms. The van der Waals surface area contributed by atoms with E-state index in [1.807, 2.05) is 4.90 Å². The number of benzene rings is 3. The number of hydrogen-bond acceptors (Lipinski definition) is 5. The third-order valence-corrected chi connectivity index (χ3v) is 7.07. The van der Waals surface area contributed by atoms with Gasteiger partial charge in [-0.1, -0.05) is 18.2 Å². The summed E-state index contributed by atoms with van der Waals surface area (Å²) in [6.07, 6.45) is 0. The first-order chi connectivity index (χ1) is 16.2. The molecule has 0 atom stereocenters. The highest BCUT2D eigenvalue weighted by molar-refractivity contribution is 7.92. The highest BCUT2D eigenvalue weighted by Gasteiger charge is 2.23. The number of piperazine rings is 1. The molecule has 0 saturated carbocycles. The Hall–Kier alpha value is -3.50. The van der Waals surface area contributed by atoms with Crippen LogP contribution in [-0.2, 0) is 16.6 Å². The predicted molar refractivity (Wildman–Crippen MR) is 124 cm³/mol. The molecule has 0 unspecified atom stereocenters. The fourth-order valence-electron chi connectivity index (χ4n) is 3.89. The molecule has 2 N–H and O–H groups in total. The Balaban J connectivity index is 1.47. The minimum Gasteiger partial charge on any atom is -0.478 e. The van der Waals surface area contributed by atoms with E-state index in [0.717, 1.165) is 24.3 Å². The van der Waals surface area contributed by atoms with Gasteiger partial charge in [0.1, 0.15) is 11.6 Å². The highest BCUT2D eigenvalue weighted by Crippen LogP contribution is 2.27. The molecule has 7 nitrogen and oxygen atoms in total. The standard InChI is InChI=1S/C24H23F2N3O4S/c25-18-5-8-20(9-6-18)34(32,33)27-19-7-10-23(21(15-19)24(30)31)29-13-11-28(12-14-29)16-17-3-1-2-4-22(17)26/h1-10,15,27H,11-14,16H2,(H,30,31). The molecule has 1 fully saturated rings. The van der Waals surface area contributed by atoms with Crippen molar-refractivity contribution in [2.24, 2.45) is 0 Å². The molecule has 0 spiro atoms. The number of rotatable bonds is 7. The first-order valence-electron chi connectivity index (χ1n) is 10.6. The third-order valence-electron chi connectivity index (χ3n) is 5.67. The second-order valence-corrected chi connectivity index (χ2v) is 9.63. The molecule has 10 heteroatoms. The largest absolute Gasteiger partial charge is 0.478 e. The number of carbonyl (C=O) groups is 1. The quantitative estimate of drug-likeness (QED) is 0.527. The maximum atomic E-state index is 13.9. The maximum absolute atomic E-state index is 13.9. The summed E-state index contributed by atoms with van der Waals surface area (Å²) in [5, 5.41) is 9.75. The van der Waals surface area contributed by atoms with Crippen molar-refractivity contribution in [2.45, 2.75) is 11.4 Å². The molecule has 0 radical (unpaired) electrons. The van der Waals surface area contributed by atoms with Crippen LogP contribution in [0.3, 0.4) is 0 Å². The molecular weight excluding hydrogens is 464 g/mol. The Kier molecular flexibility index (Phi) is 6.80. The number of carboxylic acid groups (broad SMARTS) is 1. The third kappa shape index (κ3) is 5.35. The molecule has 0 amide bonds. The van der Waals surface area contributed by atoms with Gasteiger partial charge >= 0.3 is 5.97 Å². The molecule has 1 aliphatic rings. The van der Waals surface area contributed by atoms with Crippen LogP contribution in [0.5, 0.6) is 0 Å². The number of carboxylic acids is 1. The molecule has 0 aromatic heterocycles. The maximum Gasteiger partial charge on any atom is 0.337 e. The van der Waals surface area contributed by atoms with E-state index in [1.165, 1.54) is 18.2 Å². The predicted octanol–water partition coefficient (Wildman–Crippen LogP) is 3.79. The summed E-state index contributed by atoms with van der Waals surface area (Å²) < 4.78 is 54.5. The number of aromatic carboxylic acids is 1. The zero-order valence-corrected chi connectivity index (χ0v) is 18.9. The van der Waals surface area contributed by atoms with E-state index < -0.39 is 21.8 Å². The van der Waals surface area contributed by atoms with Gasteiger partial charge in [0.2, 0.25) is 0 Å². The van der Waals surface area contributed by atoms with Crippen LogP contribution >= 0.6 is 0 Å². The van der Waals surface area contributed by atoms with Gasteiger partial charge in [-0.05, 0) is 48.5 Å². The van der Waals surface area contributed by atoms with Crippen LogP contribution in [-0.4, -0.2) is 50.6 Å². The van der Waals surface area contributed by atoms with Crippen LogP contribution in [0.2, 0.25) is 0 Å². The fraction of sp³-hybridized carbons (Fsp3) is 0.208. The van der Waals surface area contributed by atoms with Crippen LogP contribution < -0.4 is 9.62 Å². The van der Waals surface area contributed by atoms with Crippen LogP contribution in [0.25, 0.3) is 0 Å². The van der Waals surface area contributed by atoms with Crippen LogP contribution in [0, 0.1) is 11.6 Å². The lowest BCUT2D eigenvalue weighted by Crippen LogP contribution is -2.46. The lowest BCUT2D eigenvalue weighted by Gasteiger charge is -2.36.